The van der Waals surface area contributed by atoms with Crippen LogP contribution < -0.4 is 0 Å². The Labute approximate surface area is 163 Å². The highest BCUT2D eigenvalue weighted by Gasteiger charge is 2.39. The summed E-state index contributed by atoms with van der Waals surface area (Å²) in [6, 6.07) is 2.05. The van der Waals surface area contributed by atoms with E-state index in [4.69, 9.17) is 27.9 Å². The van der Waals surface area contributed by atoms with E-state index < -0.39 is 8.80 Å². The van der Waals surface area contributed by atoms with Gasteiger partial charge in [-0.05, 0) is 45.8 Å². The van der Waals surface area contributed by atoms with Gasteiger partial charge in [0.15, 0.2) is 0 Å². The second-order valence-electron chi connectivity index (χ2n) is 5.28. The Morgan fingerprint density at radius 3 is 1.80 bits per heavy atom. The van der Waals surface area contributed by atoms with Crippen LogP contribution in [0.15, 0.2) is 0 Å². The summed E-state index contributed by atoms with van der Waals surface area (Å²) in [7, 11) is 0.770. The van der Waals surface area contributed by atoms with Gasteiger partial charge < -0.3 is 27.9 Å². The number of thiol groups is 1. The van der Waals surface area contributed by atoms with E-state index in [1.54, 1.807) is 14.2 Å². The summed E-state index contributed by atoms with van der Waals surface area (Å²) in [6.07, 6.45) is 2.86. The minimum atomic E-state index is -2.44. The highest BCUT2D eigenvalue weighted by atomic mass is 32.1. The summed E-state index contributed by atoms with van der Waals surface area (Å²) >= 11 is 4.12. The average molecular weight is 417 g/mol. The van der Waals surface area contributed by atoms with Crippen LogP contribution in [-0.2, 0) is 22.8 Å². The maximum absolute atomic E-state index is 8.75. The van der Waals surface area contributed by atoms with Crippen molar-refractivity contribution < 1.29 is 27.9 Å². The van der Waals surface area contributed by atoms with Crippen LogP contribution in [0.1, 0.15) is 40.0 Å². The van der Waals surface area contributed by atoms with Crippen molar-refractivity contribution in [2.75, 3.05) is 46.4 Å². The predicted octanol–water partition coefficient (Wildman–Crippen LogP) is 2.28. The fourth-order valence-electron chi connectivity index (χ4n) is 2.21. The lowest BCUT2D eigenvalue weighted by Crippen LogP contribution is -2.45. The van der Waals surface area contributed by atoms with Crippen LogP contribution in [0.5, 0.6) is 0 Å². The van der Waals surface area contributed by atoms with Crippen LogP contribution >= 0.6 is 12.6 Å². The summed E-state index contributed by atoms with van der Waals surface area (Å²) in [6.45, 7) is 7.92. The number of hydrogen-bond donors (Lipinski definition) is 2. The van der Waals surface area contributed by atoms with Gasteiger partial charge in [0.05, 0.1) is 9.52 Å². The van der Waals surface area contributed by atoms with E-state index in [-0.39, 0.29) is 22.0 Å². The number of hydrogen-bond acceptors (Lipinski definition) is 7. The minimum absolute atomic E-state index is 0.111. The van der Waals surface area contributed by atoms with Gasteiger partial charge in [0.25, 0.3) is 0 Å². The van der Waals surface area contributed by atoms with E-state index >= 15 is 0 Å². The first-order chi connectivity index (χ1) is 12.1. The Bertz CT molecular complexity index is 244. The van der Waals surface area contributed by atoms with Crippen molar-refractivity contribution in [1.29, 1.82) is 0 Å². The van der Waals surface area contributed by atoms with Crippen molar-refractivity contribution in [2.24, 2.45) is 0 Å². The molecule has 0 rings (SSSR count). The summed E-state index contributed by atoms with van der Waals surface area (Å²) in [5.41, 5.74) is 0. The molecule has 0 fully saturated rings. The maximum Gasteiger partial charge on any atom is 0.500 e. The normalized spacial score (nSPS) is 12.0. The fourth-order valence-corrected chi connectivity index (χ4v) is 6.88. The third kappa shape index (κ3) is 16.4. The molecule has 25 heavy (non-hydrogen) atoms. The molecule has 154 valence electrons. The molecule has 6 nitrogen and oxygen atoms in total. The first kappa shape index (κ1) is 27.8. The van der Waals surface area contributed by atoms with E-state index in [0.717, 1.165) is 24.6 Å². The largest absolute Gasteiger partial charge is 0.500 e. The molecule has 0 spiro atoms. The Morgan fingerprint density at radius 2 is 1.44 bits per heavy atom. The van der Waals surface area contributed by atoms with E-state index in [0.29, 0.717) is 19.8 Å². The fraction of sp³-hybridized carbons (Fsp3) is 1.00. The number of aliphatic hydroxyl groups excluding tert-OH is 1. The first-order valence-electron chi connectivity index (χ1n) is 9.28. The molecule has 0 aromatic rings. The molecule has 0 unspecified atom stereocenters. The van der Waals surface area contributed by atoms with Gasteiger partial charge in [0.1, 0.15) is 5.91 Å². The van der Waals surface area contributed by atoms with Gasteiger partial charge >= 0.3 is 8.80 Å². The number of rotatable bonds is 16. The summed E-state index contributed by atoms with van der Waals surface area (Å²) in [5.74, 6) is 1.09. The van der Waals surface area contributed by atoms with Crippen molar-refractivity contribution in [3.8, 4) is 0 Å². The standard InChI is InChI=1S/C10H24O4Si.C6H16O2SSi/c1-4-12-15(13-5-2,14-6-3)10-8-7-9-11;1-7-6(8-2)10-5-3-4-9/h11H,4-10H2,1-3H3;6,9H,3-5,10H2,1-2H3. The molecule has 0 aliphatic heterocycles. The third-order valence-corrected chi connectivity index (χ3v) is 8.87. The molecule has 0 aliphatic carbocycles. The Hall–Kier alpha value is 0.544. The molecular weight excluding hydrogens is 376 g/mol. The smallest absolute Gasteiger partial charge is 0.396 e. The van der Waals surface area contributed by atoms with Gasteiger partial charge in [-0.1, -0.05) is 6.04 Å². The van der Waals surface area contributed by atoms with Crippen LogP contribution in [0.3, 0.4) is 0 Å². The molecule has 0 aromatic carbocycles. The van der Waals surface area contributed by atoms with Crippen molar-refractivity contribution in [2.45, 2.75) is 58.0 Å². The molecule has 0 bridgehead atoms. The minimum Gasteiger partial charge on any atom is -0.396 e. The lowest BCUT2D eigenvalue weighted by molar-refractivity contribution is -0.0441. The monoisotopic (exact) mass is 416 g/mol. The summed E-state index contributed by atoms with van der Waals surface area (Å²) in [4.78, 5) is 0. The van der Waals surface area contributed by atoms with Gasteiger partial charge in [-0.25, -0.2) is 0 Å². The lowest BCUT2D eigenvalue weighted by Gasteiger charge is -2.28. The molecule has 0 heterocycles. The van der Waals surface area contributed by atoms with Crippen LogP contribution in [0.2, 0.25) is 12.1 Å². The summed E-state index contributed by atoms with van der Waals surface area (Å²) in [5, 5.41) is 8.75. The Morgan fingerprint density at radius 1 is 0.920 bits per heavy atom. The van der Waals surface area contributed by atoms with Crippen molar-refractivity contribution in [3.05, 3.63) is 0 Å². The van der Waals surface area contributed by atoms with E-state index in [1.165, 1.54) is 12.5 Å². The average Bonchev–Trinajstić information content (AvgIpc) is 2.60. The second-order valence-corrected chi connectivity index (χ2v) is 10.4. The molecule has 0 saturated heterocycles. The highest BCUT2D eigenvalue weighted by molar-refractivity contribution is 7.80. The molecule has 0 saturated carbocycles. The van der Waals surface area contributed by atoms with Crippen LogP contribution in [0, 0.1) is 0 Å². The number of methoxy groups -OCH3 is 2. The van der Waals surface area contributed by atoms with Crippen molar-refractivity contribution >= 4 is 31.0 Å². The van der Waals surface area contributed by atoms with Gasteiger partial charge in [0.2, 0.25) is 0 Å². The van der Waals surface area contributed by atoms with Crippen LogP contribution in [0.25, 0.3) is 0 Å². The van der Waals surface area contributed by atoms with Gasteiger partial charge in [-0.15, -0.1) is 0 Å². The quantitative estimate of drug-likeness (QED) is 0.174. The molecule has 9 heteroatoms. The number of unbranched alkanes of at least 4 members (excludes halogenated alkanes) is 1. The van der Waals surface area contributed by atoms with Gasteiger partial charge in [-0.2, -0.15) is 12.6 Å². The molecule has 0 aliphatic rings. The Balaban J connectivity index is 0. The zero-order valence-corrected chi connectivity index (χ0v) is 20.1. The topological polar surface area (TPSA) is 66.4 Å². The zero-order chi connectivity index (χ0) is 19.4. The number of ether oxygens (including phenoxy) is 2. The summed E-state index contributed by atoms with van der Waals surface area (Å²) < 4.78 is 27.1. The highest BCUT2D eigenvalue weighted by Crippen LogP contribution is 2.18. The molecular formula is C16H40O6SSi2. The van der Waals surface area contributed by atoms with Gasteiger partial charge in [0, 0.05) is 46.7 Å². The molecule has 1 N–H and O–H groups in total. The molecule has 0 aromatic heterocycles. The van der Waals surface area contributed by atoms with Gasteiger partial charge in [-0.3, -0.25) is 0 Å². The molecule has 0 atom stereocenters. The predicted molar refractivity (Wildman–Crippen MR) is 111 cm³/mol. The number of aliphatic hydroxyl groups is 1. The van der Waals surface area contributed by atoms with Crippen LogP contribution in [0.4, 0.5) is 0 Å². The molecule has 0 radical (unpaired) electrons. The lowest BCUT2D eigenvalue weighted by atomic mass is 10.4. The van der Waals surface area contributed by atoms with Crippen molar-refractivity contribution in [3.63, 3.8) is 0 Å². The Kier molecular flexibility index (Phi) is 23.2. The third-order valence-electron chi connectivity index (χ3n) is 3.36. The second kappa shape index (κ2) is 20.9. The van der Waals surface area contributed by atoms with E-state index in [1.807, 2.05) is 20.8 Å². The SMILES string of the molecule is CCO[Si](CCCCO)(OCC)OCC.COC(OC)[SiH2]CCCS. The first-order valence-corrected chi connectivity index (χ1v) is 13.7. The maximum atomic E-state index is 8.75. The zero-order valence-electron chi connectivity index (χ0n) is 16.8. The molecule has 0 amide bonds. The van der Waals surface area contributed by atoms with E-state index in [9.17, 15) is 0 Å². The van der Waals surface area contributed by atoms with E-state index in [2.05, 4.69) is 12.6 Å². The van der Waals surface area contributed by atoms with Crippen LogP contribution in [-0.4, -0.2) is 75.7 Å². The van der Waals surface area contributed by atoms with Crippen molar-refractivity contribution in [1.82, 2.24) is 0 Å².